The average Bonchev–Trinajstić information content (AvgIpc) is 3.27. The number of hydrogen-bond donors (Lipinski definition) is 0. The molecule has 0 spiro atoms. The van der Waals surface area contributed by atoms with Crippen LogP contribution in [0.1, 0.15) is 44.1 Å². The largest absolute Gasteiger partial charge is 0.374 e. The van der Waals surface area contributed by atoms with Crippen LogP contribution < -0.4 is 0 Å². The Morgan fingerprint density at radius 1 is 0.955 bits per heavy atom. The summed E-state index contributed by atoms with van der Waals surface area (Å²) in [5.74, 6) is 3.05. The lowest BCUT2D eigenvalue weighted by atomic mass is 9.48. The summed E-state index contributed by atoms with van der Waals surface area (Å²) in [4.78, 5) is 0. The SMILES string of the molecule is c1ccc(COC[C@@H]2O[C@H]2C23CC4CC(CC(C4)C2)C3)cc1. The standard InChI is InChI=1S/C20H26O2/c1-2-4-14(5-3-1)12-21-13-18-19(22-18)20-9-15-6-16(10-20)8-17(7-15)11-20/h1-5,15-19H,6-13H2/t15?,16?,17?,18-,19+,20?/m0/s1. The number of benzene rings is 1. The highest BCUT2D eigenvalue weighted by Gasteiger charge is 2.61. The van der Waals surface area contributed by atoms with Gasteiger partial charge in [-0.2, -0.15) is 0 Å². The first kappa shape index (κ1) is 13.6. The van der Waals surface area contributed by atoms with E-state index in [0.29, 0.717) is 24.2 Å². The maximum atomic E-state index is 6.11. The Hall–Kier alpha value is -0.860. The van der Waals surface area contributed by atoms with E-state index in [1.807, 2.05) is 0 Å². The Morgan fingerprint density at radius 2 is 1.59 bits per heavy atom. The minimum Gasteiger partial charge on any atom is -0.374 e. The summed E-state index contributed by atoms with van der Waals surface area (Å²) in [5, 5.41) is 0. The van der Waals surface area contributed by atoms with Crippen LogP contribution in [-0.4, -0.2) is 18.8 Å². The Morgan fingerprint density at radius 3 is 2.23 bits per heavy atom. The molecule has 4 bridgehead atoms. The molecule has 1 aromatic rings. The highest BCUT2D eigenvalue weighted by Crippen LogP contribution is 2.64. The van der Waals surface area contributed by atoms with Gasteiger partial charge in [-0.25, -0.2) is 0 Å². The summed E-state index contributed by atoms with van der Waals surface area (Å²) in [6.07, 6.45) is 9.76. The monoisotopic (exact) mass is 298 g/mol. The van der Waals surface area contributed by atoms with Crippen LogP contribution >= 0.6 is 0 Å². The molecular formula is C20H26O2. The Bertz CT molecular complexity index is 503. The lowest BCUT2D eigenvalue weighted by Crippen LogP contribution is -2.49. The summed E-state index contributed by atoms with van der Waals surface area (Å²) in [6, 6.07) is 10.5. The Kier molecular flexibility index (Phi) is 3.13. The van der Waals surface area contributed by atoms with Gasteiger partial charge in [-0.3, -0.25) is 0 Å². The van der Waals surface area contributed by atoms with Crippen LogP contribution in [-0.2, 0) is 16.1 Å². The number of rotatable bonds is 5. The van der Waals surface area contributed by atoms with Gasteiger partial charge >= 0.3 is 0 Å². The van der Waals surface area contributed by atoms with Gasteiger partial charge in [0.05, 0.1) is 19.3 Å². The van der Waals surface area contributed by atoms with Gasteiger partial charge in [-0.15, -0.1) is 0 Å². The van der Waals surface area contributed by atoms with E-state index in [0.717, 1.165) is 24.4 Å². The van der Waals surface area contributed by atoms with Gasteiger partial charge in [0.25, 0.3) is 0 Å². The minimum atomic E-state index is 0.375. The van der Waals surface area contributed by atoms with Crippen molar-refractivity contribution < 1.29 is 9.47 Å². The van der Waals surface area contributed by atoms with Crippen LogP contribution in [0.2, 0.25) is 0 Å². The fraction of sp³-hybridized carbons (Fsp3) is 0.700. The van der Waals surface area contributed by atoms with Crippen molar-refractivity contribution in [3.63, 3.8) is 0 Å². The van der Waals surface area contributed by atoms with E-state index in [4.69, 9.17) is 9.47 Å². The molecule has 0 aromatic heterocycles. The first-order valence-corrected chi connectivity index (χ1v) is 9.08. The molecule has 5 fully saturated rings. The summed E-state index contributed by atoms with van der Waals surface area (Å²) in [6.45, 7) is 1.50. The van der Waals surface area contributed by atoms with Crippen molar-refractivity contribution in [3.05, 3.63) is 35.9 Å². The second kappa shape index (κ2) is 5.07. The third-order valence-corrected chi connectivity index (χ3v) is 6.67. The number of hydrogen-bond acceptors (Lipinski definition) is 2. The molecule has 0 amide bonds. The minimum absolute atomic E-state index is 0.375. The molecule has 1 heterocycles. The molecule has 5 aliphatic rings. The van der Waals surface area contributed by atoms with Gasteiger partial charge in [-0.05, 0) is 61.8 Å². The van der Waals surface area contributed by atoms with Crippen molar-refractivity contribution in [1.29, 1.82) is 0 Å². The highest BCUT2D eigenvalue weighted by atomic mass is 16.6. The van der Waals surface area contributed by atoms with Crippen LogP contribution in [0, 0.1) is 23.2 Å². The van der Waals surface area contributed by atoms with Crippen LogP contribution in [0.5, 0.6) is 0 Å². The lowest BCUT2D eigenvalue weighted by molar-refractivity contribution is -0.0671. The van der Waals surface area contributed by atoms with Crippen molar-refractivity contribution in [3.8, 4) is 0 Å². The summed E-state index contributed by atoms with van der Waals surface area (Å²) in [5.41, 5.74) is 1.80. The van der Waals surface area contributed by atoms with Gasteiger partial charge < -0.3 is 9.47 Å². The molecule has 1 aromatic carbocycles. The zero-order valence-corrected chi connectivity index (χ0v) is 13.2. The normalized spacial score (nSPS) is 45.2. The zero-order chi connectivity index (χ0) is 14.6. The summed E-state index contributed by atoms with van der Waals surface area (Å²) >= 11 is 0. The molecule has 2 atom stereocenters. The maximum Gasteiger partial charge on any atom is 0.108 e. The molecule has 1 aliphatic heterocycles. The molecule has 6 rings (SSSR count). The van der Waals surface area contributed by atoms with Crippen LogP contribution in [0.25, 0.3) is 0 Å². The van der Waals surface area contributed by atoms with Crippen LogP contribution in [0.3, 0.4) is 0 Å². The molecule has 4 saturated carbocycles. The maximum absolute atomic E-state index is 6.11. The molecule has 118 valence electrons. The fourth-order valence-electron chi connectivity index (χ4n) is 6.20. The smallest absolute Gasteiger partial charge is 0.108 e. The molecule has 2 heteroatoms. The van der Waals surface area contributed by atoms with Crippen molar-refractivity contribution >= 4 is 0 Å². The topological polar surface area (TPSA) is 21.8 Å². The summed E-state index contributed by atoms with van der Waals surface area (Å²) < 4.78 is 12.0. The molecule has 0 radical (unpaired) electrons. The predicted octanol–water partition coefficient (Wildman–Crippen LogP) is 4.19. The van der Waals surface area contributed by atoms with E-state index in [9.17, 15) is 0 Å². The van der Waals surface area contributed by atoms with E-state index in [1.165, 1.54) is 44.1 Å². The van der Waals surface area contributed by atoms with E-state index < -0.39 is 0 Å². The third kappa shape index (κ3) is 2.32. The van der Waals surface area contributed by atoms with Gasteiger partial charge in [0, 0.05) is 5.41 Å². The molecule has 22 heavy (non-hydrogen) atoms. The number of epoxide rings is 1. The first-order valence-electron chi connectivity index (χ1n) is 9.08. The molecule has 0 unspecified atom stereocenters. The van der Waals surface area contributed by atoms with Gasteiger partial charge in [0.15, 0.2) is 0 Å². The second-order valence-corrected chi connectivity index (χ2v) is 8.38. The zero-order valence-electron chi connectivity index (χ0n) is 13.2. The summed E-state index contributed by atoms with van der Waals surface area (Å²) in [7, 11) is 0. The van der Waals surface area contributed by atoms with Gasteiger partial charge in [0.1, 0.15) is 6.10 Å². The number of ether oxygens (including phenoxy) is 2. The molecule has 4 aliphatic carbocycles. The van der Waals surface area contributed by atoms with E-state index in [-0.39, 0.29) is 0 Å². The van der Waals surface area contributed by atoms with E-state index >= 15 is 0 Å². The van der Waals surface area contributed by atoms with Gasteiger partial charge in [0.2, 0.25) is 0 Å². The molecule has 2 nitrogen and oxygen atoms in total. The van der Waals surface area contributed by atoms with Crippen molar-refractivity contribution in [2.75, 3.05) is 6.61 Å². The first-order chi connectivity index (χ1) is 10.8. The quantitative estimate of drug-likeness (QED) is 0.760. The molecule has 1 saturated heterocycles. The average molecular weight is 298 g/mol. The van der Waals surface area contributed by atoms with E-state index in [2.05, 4.69) is 30.3 Å². The second-order valence-electron chi connectivity index (χ2n) is 8.38. The Balaban J connectivity index is 1.17. The molecular weight excluding hydrogens is 272 g/mol. The van der Waals surface area contributed by atoms with E-state index in [1.54, 1.807) is 0 Å². The van der Waals surface area contributed by atoms with Crippen molar-refractivity contribution in [2.45, 2.75) is 57.3 Å². The predicted molar refractivity (Wildman–Crippen MR) is 85.4 cm³/mol. The van der Waals surface area contributed by atoms with Crippen LogP contribution in [0.15, 0.2) is 30.3 Å². The third-order valence-electron chi connectivity index (χ3n) is 6.67. The Labute approximate surface area is 133 Å². The highest BCUT2D eigenvalue weighted by molar-refractivity contribution is 5.14. The van der Waals surface area contributed by atoms with Crippen molar-refractivity contribution in [2.24, 2.45) is 23.2 Å². The van der Waals surface area contributed by atoms with Crippen molar-refractivity contribution in [1.82, 2.24) is 0 Å². The lowest BCUT2D eigenvalue weighted by Gasteiger charge is -2.56. The molecule has 0 N–H and O–H groups in total. The van der Waals surface area contributed by atoms with Crippen LogP contribution in [0.4, 0.5) is 0 Å². The van der Waals surface area contributed by atoms with Gasteiger partial charge in [-0.1, -0.05) is 30.3 Å². The fourth-order valence-corrected chi connectivity index (χ4v) is 6.20.